The lowest BCUT2D eigenvalue weighted by atomic mass is 9.33. The zero-order chi connectivity index (χ0) is 55.2. The molecule has 2 saturated heterocycles. The Morgan fingerprint density at radius 3 is 2.52 bits per heavy atom. The van der Waals surface area contributed by atoms with Crippen molar-refractivity contribution in [3.8, 4) is 5.75 Å². The fraction of sp³-hybridized carbons (Fsp3) is 0.730. The molecule has 8 fully saturated rings. The number of nitrogens with zero attached hydrogens (tertiary/aromatic N) is 3. The zero-order valence-corrected chi connectivity index (χ0v) is 48.0. The van der Waals surface area contributed by atoms with Crippen molar-refractivity contribution in [2.24, 2.45) is 85.2 Å². The Morgan fingerprint density at radius 2 is 1.75 bits per heavy atom. The van der Waals surface area contributed by atoms with Crippen molar-refractivity contribution in [2.45, 2.75) is 178 Å². The summed E-state index contributed by atoms with van der Waals surface area (Å²) >= 11 is 0. The van der Waals surface area contributed by atoms with Crippen molar-refractivity contribution in [2.75, 3.05) is 23.8 Å². The van der Waals surface area contributed by atoms with E-state index in [1.54, 1.807) is 35.6 Å². The van der Waals surface area contributed by atoms with Gasteiger partial charge in [0.15, 0.2) is 5.78 Å². The number of ketones is 1. The van der Waals surface area contributed by atoms with E-state index in [9.17, 15) is 40.9 Å². The minimum atomic E-state index is -1.66. The first kappa shape index (κ1) is 53.9. The highest BCUT2D eigenvalue weighted by molar-refractivity contribution is 8.76. The second-order valence-corrected chi connectivity index (χ2v) is 30.8. The number of aromatic hydroxyl groups is 1. The van der Waals surface area contributed by atoms with Crippen LogP contribution in [0.4, 0.5) is 5.69 Å². The highest BCUT2D eigenvalue weighted by Gasteiger charge is 2.83. The fourth-order valence-corrected chi connectivity index (χ4v) is 25.3. The lowest BCUT2D eigenvalue weighted by Gasteiger charge is -2.72. The minimum absolute atomic E-state index is 0.0167. The number of aryl methyl sites for hydroxylation is 1. The smallest absolute Gasteiger partial charge is 0.235 e. The number of phenols is 1. The second-order valence-electron chi connectivity index (χ2n) is 28.3. The van der Waals surface area contributed by atoms with E-state index in [2.05, 4.69) is 57.0 Å². The molecule has 2 aromatic rings. The standard InChI is InChI=1S/C63H83N3O11S2/c1-35(2)36(3)50-52(77-50)61(75)16-6-7-40-25-44-45-27-49(71)59(29-46(69)51(72)57(55(44,59)4)18-11-38(28-57)30-65-22-21-64-34-65)54(74)79-78-31-41-8-5-15-56(33-67)17-13-39-9-10-48(70)60(39)32-66(53(73)63(41,56)60)42-23-37(24-43(68)26-42)12-19-58(40)47(61)14-20-62(45,58)76/h6-7,13,17,21-24,26-27,34-36,38-41,44,46-48,50-52,54,67-70,72,74-76H,5,8-12,14-16,18-20,25,28-33H2,1-4H3. The maximum absolute atomic E-state index is 16.5. The quantitative estimate of drug-likeness (QED) is 0.0807. The monoisotopic (exact) mass is 1120 g/mol. The average Bonchev–Trinajstić information content (AvgIpc) is 2.58. The van der Waals surface area contributed by atoms with Crippen LogP contribution in [0.2, 0.25) is 0 Å². The summed E-state index contributed by atoms with van der Waals surface area (Å²) in [7, 11) is 2.62. The van der Waals surface area contributed by atoms with Crippen LogP contribution in [0.15, 0.2) is 72.9 Å². The van der Waals surface area contributed by atoms with Crippen LogP contribution in [0.25, 0.3) is 0 Å². The van der Waals surface area contributed by atoms with Gasteiger partial charge in [-0.3, -0.25) is 9.59 Å². The second kappa shape index (κ2) is 18.0. The molecular weight excluding hydrogens is 1040 g/mol. The molecule has 5 aliphatic heterocycles. The van der Waals surface area contributed by atoms with Gasteiger partial charge in [0, 0.05) is 70.6 Å². The number of hydrogen-bond donors (Lipinski definition) is 8. The molecule has 14 nitrogen and oxygen atoms in total. The van der Waals surface area contributed by atoms with Gasteiger partial charge in [-0.25, -0.2) is 4.98 Å². The number of allylic oxidation sites excluding steroid dienone is 3. The summed E-state index contributed by atoms with van der Waals surface area (Å²) in [4.78, 5) is 39.0. The van der Waals surface area contributed by atoms with Gasteiger partial charge >= 0.3 is 0 Å². The van der Waals surface area contributed by atoms with E-state index >= 15 is 9.59 Å². The summed E-state index contributed by atoms with van der Waals surface area (Å²) in [6.45, 7) is 9.16. The number of anilines is 1. The minimum Gasteiger partial charge on any atom is -0.508 e. The molecule has 8 N–H and O–H groups in total. The summed E-state index contributed by atoms with van der Waals surface area (Å²) in [6.07, 6.45) is 18.3. The van der Waals surface area contributed by atoms with Gasteiger partial charge < -0.3 is 55.1 Å². The Labute approximate surface area is 472 Å². The number of carbonyl (C=O) groups excluding carboxylic acids is 2. The van der Waals surface area contributed by atoms with Crippen LogP contribution in [0.5, 0.6) is 5.75 Å². The lowest BCUT2D eigenvalue weighted by molar-refractivity contribution is -0.263. The molecular formula is C63H83N3O11S2. The molecule has 5 spiro atoms. The maximum Gasteiger partial charge on any atom is 0.235 e. The lowest BCUT2D eigenvalue weighted by Crippen LogP contribution is -2.75. The van der Waals surface area contributed by atoms with Gasteiger partial charge in [0.1, 0.15) is 22.9 Å². The highest BCUT2D eigenvalue weighted by atomic mass is 33.1. The van der Waals surface area contributed by atoms with Gasteiger partial charge in [-0.2, -0.15) is 0 Å². The third kappa shape index (κ3) is 6.49. The number of epoxide rings is 1. The van der Waals surface area contributed by atoms with Gasteiger partial charge in [-0.1, -0.05) is 80.0 Å². The van der Waals surface area contributed by atoms with Crippen LogP contribution in [0, 0.1) is 85.2 Å². The number of benzene rings is 1. The molecule has 14 aliphatic rings. The summed E-state index contributed by atoms with van der Waals surface area (Å²) in [6, 6.07) is 5.38. The molecule has 16 rings (SSSR count). The molecule has 8 bridgehead atoms. The summed E-state index contributed by atoms with van der Waals surface area (Å²) < 4.78 is 8.66. The number of carbonyl (C=O) groups is 2. The first-order valence-electron chi connectivity index (χ1n) is 30.1. The number of fused-ring (bicyclic) bond motifs is 1. The molecule has 1 aromatic heterocycles. The molecule has 16 heteroatoms. The highest BCUT2D eigenvalue weighted by Crippen LogP contribution is 2.81. The molecule has 79 heavy (non-hydrogen) atoms. The van der Waals surface area contributed by atoms with Crippen LogP contribution >= 0.6 is 21.6 Å². The molecule has 9 aliphatic carbocycles. The number of hydrogen-bond acceptors (Lipinski definition) is 14. The van der Waals surface area contributed by atoms with Crippen molar-refractivity contribution >= 4 is 39.0 Å². The van der Waals surface area contributed by atoms with E-state index in [0.29, 0.717) is 107 Å². The Hall–Kier alpha value is -3.03. The summed E-state index contributed by atoms with van der Waals surface area (Å²) in [5, 5.41) is 104. The number of ether oxygens (including phenoxy) is 1. The largest absolute Gasteiger partial charge is 0.508 e. The van der Waals surface area contributed by atoms with Crippen molar-refractivity contribution in [1.29, 1.82) is 0 Å². The van der Waals surface area contributed by atoms with E-state index in [1.807, 2.05) is 16.8 Å². The van der Waals surface area contributed by atoms with E-state index in [4.69, 9.17) is 4.74 Å². The first-order chi connectivity index (χ1) is 37.7. The van der Waals surface area contributed by atoms with E-state index in [0.717, 1.165) is 12.0 Å². The van der Waals surface area contributed by atoms with E-state index in [-0.39, 0.29) is 79.1 Å². The van der Waals surface area contributed by atoms with Crippen LogP contribution < -0.4 is 4.90 Å². The average molecular weight is 1120 g/mol. The molecule has 0 radical (unpaired) electrons. The Bertz CT molecular complexity index is 2920. The Balaban J connectivity index is 0.984. The first-order valence-corrected chi connectivity index (χ1v) is 32.5. The number of amides is 1. The number of imidazole rings is 1. The number of aliphatic hydroxyl groups is 7. The molecule has 22 atom stereocenters. The van der Waals surface area contributed by atoms with Gasteiger partial charge in [-0.05, 0) is 166 Å². The Morgan fingerprint density at radius 1 is 0.924 bits per heavy atom. The topological polar surface area (TPSA) is 230 Å². The predicted octanol–water partition coefficient (Wildman–Crippen LogP) is 7.30. The van der Waals surface area contributed by atoms with Crippen LogP contribution in [-0.2, 0) is 27.3 Å². The van der Waals surface area contributed by atoms with Crippen LogP contribution in [-0.4, -0.2) is 128 Å². The van der Waals surface area contributed by atoms with Gasteiger partial charge in [0.25, 0.3) is 0 Å². The van der Waals surface area contributed by atoms with Crippen molar-refractivity contribution in [3.63, 3.8) is 0 Å². The fourth-order valence-electron chi connectivity index (χ4n) is 22.3. The molecule has 1 aromatic carbocycles. The van der Waals surface area contributed by atoms with Crippen LogP contribution in [0.1, 0.15) is 123 Å². The molecule has 22 unspecified atom stereocenters. The zero-order valence-electron chi connectivity index (χ0n) is 46.3. The SMILES string of the molecule is CC(C)C(C)C1OC1C1(O)CC=CC2CC3C4=CC(=O)C5(CC(O)C(O)C6(CCC(Cn7ccnc7)C6)C35C)C(O)SSCC3CCCC5(CO)C=CC6CCC(O)C67CN(C(=O)C357)c3cc(O)cc(c3)CCC23C1CCC43O. The maximum atomic E-state index is 16.5. The van der Waals surface area contributed by atoms with Crippen LogP contribution in [0.3, 0.4) is 0 Å². The summed E-state index contributed by atoms with van der Waals surface area (Å²) in [5.41, 5.74) is -10.9. The molecule has 6 heterocycles. The van der Waals surface area contributed by atoms with Crippen molar-refractivity contribution < 1.29 is 55.2 Å². The van der Waals surface area contributed by atoms with E-state index in [1.165, 1.54) is 21.6 Å². The van der Waals surface area contributed by atoms with Gasteiger partial charge in [-0.15, -0.1) is 0 Å². The Kier molecular flexibility index (Phi) is 12.3. The molecule has 1 amide bonds. The number of phenolic OH excluding ortho intramolecular Hbond substituents is 1. The number of aliphatic hydroxyl groups excluding tert-OH is 5. The predicted molar refractivity (Wildman–Crippen MR) is 300 cm³/mol. The molecule has 428 valence electrons. The van der Waals surface area contributed by atoms with Crippen molar-refractivity contribution in [1.82, 2.24) is 9.55 Å². The van der Waals surface area contributed by atoms with Gasteiger partial charge in [0.05, 0.1) is 53.8 Å². The van der Waals surface area contributed by atoms with Gasteiger partial charge in [0.2, 0.25) is 5.91 Å². The number of rotatable bonds is 6. The van der Waals surface area contributed by atoms with Crippen molar-refractivity contribution in [3.05, 3.63) is 78.4 Å². The summed E-state index contributed by atoms with van der Waals surface area (Å²) in [5.74, 6) is -1.64. The normalized spacial score (nSPS) is 50.6. The third-order valence-corrected chi connectivity index (χ3v) is 28.5. The van der Waals surface area contributed by atoms with E-state index < -0.39 is 90.8 Å². The third-order valence-electron chi connectivity index (χ3n) is 25.9. The number of aromatic nitrogens is 2. The molecule has 6 saturated carbocycles.